The molecule has 1 aromatic rings. The Kier molecular flexibility index (Phi) is 4.53. The highest BCUT2D eigenvalue weighted by Crippen LogP contribution is 2.31. The first kappa shape index (κ1) is 14.0. The first-order valence-electron chi connectivity index (χ1n) is 6.24. The monoisotopic (exact) mass is 232 g/mol. The van der Waals surface area contributed by atoms with Gasteiger partial charge in [0.15, 0.2) is 0 Å². The molecule has 0 aliphatic rings. The van der Waals surface area contributed by atoms with E-state index in [9.17, 15) is 5.11 Å². The summed E-state index contributed by atoms with van der Waals surface area (Å²) < 4.78 is 0. The molecule has 0 amide bonds. The number of rotatable bonds is 4. The van der Waals surface area contributed by atoms with E-state index in [1.807, 2.05) is 25.1 Å². The Bertz CT molecular complexity index is 385. The van der Waals surface area contributed by atoms with Gasteiger partial charge in [-0.15, -0.1) is 6.58 Å². The Morgan fingerprint density at radius 2 is 1.88 bits per heavy atom. The highest BCUT2D eigenvalue weighted by atomic mass is 16.3. The fraction of sp³-hybridized carbons (Fsp3) is 0.500. The second-order valence-corrected chi connectivity index (χ2v) is 5.85. The summed E-state index contributed by atoms with van der Waals surface area (Å²) in [5.41, 5.74) is 3.48. The average molecular weight is 232 g/mol. The average Bonchev–Trinajstić information content (AvgIpc) is 2.24. The predicted octanol–water partition coefficient (Wildman–Crippen LogP) is 4.37. The van der Waals surface area contributed by atoms with Crippen LogP contribution < -0.4 is 0 Å². The summed E-state index contributed by atoms with van der Waals surface area (Å²) in [6, 6.07) is 8.17. The molecule has 0 aromatic heterocycles. The fourth-order valence-corrected chi connectivity index (χ4v) is 2.01. The van der Waals surface area contributed by atoms with Crippen LogP contribution in [-0.2, 0) is 5.41 Å². The van der Waals surface area contributed by atoms with Gasteiger partial charge in [-0.3, -0.25) is 0 Å². The van der Waals surface area contributed by atoms with Crippen LogP contribution in [0, 0.1) is 0 Å². The highest BCUT2D eigenvalue weighted by Gasteiger charge is 2.20. The van der Waals surface area contributed by atoms with Gasteiger partial charge >= 0.3 is 0 Å². The molecule has 1 heteroatoms. The van der Waals surface area contributed by atoms with Crippen molar-refractivity contribution >= 4 is 0 Å². The number of allylic oxidation sites excluding steroid dienone is 1. The largest absolute Gasteiger partial charge is 0.388 e. The van der Waals surface area contributed by atoms with Gasteiger partial charge in [-0.25, -0.2) is 0 Å². The molecule has 0 aliphatic heterocycles. The lowest BCUT2D eigenvalue weighted by Crippen LogP contribution is -2.16. The third-order valence-corrected chi connectivity index (χ3v) is 2.97. The van der Waals surface area contributed by atoms with E-state index in [0.29, 0.717) is 0 Å². The SMILES string of the molecule is C=C(C)CCC(O)c1ccccc1C(C)(C)C. The second-order valence-electron chi connectivity index (χ2n) is 5.85. The molecule has 1 rings (SSSR count). The molecule has 94 valence electrons. The third-order valence-electron chi connectivity index (χ3n) is 2.97. The highest BCUT2D eigenvalue weighted by molar-refractivity contribution is 5.34. The van der Waals surface area contributed by atoms with Crippen molar-refractivity contribution in [3.05, 3.63) is 47.5 Å². The van der Waals surface area contributed by atoms with E-state index < -0.39 is 0 Å². The van der Waals surface area contributed by atoms with E-state index >= 15 is 0 Å². The lowest BCUT2D eigenvalue weighted by atomic mass is 9.81. The summed E-state index contributed by atoms with van der Waals surface area (Å²) in [6.45, 7) is 12.4. The molecule has 1 unspecified atom stereocenters. The molecule has 0 saturated carbocycles. The zero-order valence-corrected chi connectivity index (χ0v) is 11.5. The van der Waals surface area contributed by atoms with Crippen LogP contribution in [0.15, 0.2) is 36.4 Å². The van der Waals surface area contributed by atoms with Crippen molar-refractivity contribution in [1.82, 2.24) is 0 Å². The van der Waals surface area contributed by atoms with E-state index in [0.717, 1.165) is 24.0 Å². The summed E-state index contributed by atoms with van der Waals surface area (Å²) in [5, 5.41) is 10.3. The van der Waals surface area contributed by atoms with Gasteiger partial charge in [0.1, 0.15) is 0 Å². The molecule has 0 fully saturated rings. The lowest BCUT2D eigenvalue weighted by molar-refractivity contribution is 0.165. The van der Waals surface area contributed by atoms with E-state index in [1.165, 1.54) is 5.56 Å². The van der Waals surface area contributed by atoms with E-state index in [1.54, 1.807) is 0 Å². The number of hydrogen-bond acceptors (Lipinski definition) is 1. The Hall–Kier alpha value is -1.08. The minimum Gasteiger partial charge on any atom is -0.388 e. The lowest BCUT2D eigenvalue weighted by Gasteiger charge is -2.25. The molecule has 1 aromatic carbocycles. The van der Waals surface area contributed by atoms with E-state index in [2.05, 4.69) is 33.4 Å². The maximum atomic E-state index is 10.3. The van der Waals surface area contributed by atoms with Gasteiger partial charge in [-0.1, -0.05) is 50.6 Å². The normalized spacial score (nSPS) is 13.5. The van der Waals surface area contributed by atoms with E-state index in [4.69, 9.17) is 0 Å². The fourth-order valence-electron chi connectivity index (χ4n) is 2.01. The van der Waals surface area contributed by atoms with Gasteiger partial charge < -0.3 is 5.11 Å². The zero-order valence-electron chi connectivity index (χ0n) is 11.5. The topological polar surface area (TPSA) is 20.2 Å². The molecule has 0 heterocycles. The smallest absolute Gasteiger partial charge is 0.0796 e. The first-order chi connectivity index (χ1) is 7.82. The van der Waals surface area contributed by atoms with Crippen molar-refractivity contribution in [2.75, 3.05) is 0 Å². The van der Waals surface area contributed by atoms with Crippen LogP contribution in [0.1, 0.15) is 57.8 Å². The summed E-state index contributed by atoms with van der Waals surface area (Å²) in [7, 11) is 0. The molecular formula is C16H24O. The van der Waals surface area contributed by atoms with Gasteiger partial charge in [-0.05, 0) is 36.3 Å². The number of aliphatic hydroxyl groups is 1. The van der Waals surface area contributed by atoms with Crippen molar-refractivity contribution in [3.8, 4) is 0 Å². The Morgan fingerprint density at radius 3 is 2.41 bits per heavy atom. The summed E-state index contributed by atoms with van der Waals surface area (Å²) >= 11 is 0. The molecule has 17 heavy (non-hydrogen) atoms. The van der Waals surface area contributed by atoms with Crippen LogP contribution in [0.3, 0.4) is 0 Å². The van der Waals surface area contributed by atoms with Gasteiger partial charge in [0.2, 0.25) is 0 Å². The number of benzene rings is 1. The van der Waals surface area contributed by atoms with Crippen LogP contribution in [0.4, 0.5) is 0 Å². The molecule has 0 spiro atoms. The van der Waals surface area contributed by atoms with Crippen molar-refractivity contribution < 1.29 is 5.11 Å². The molecule has 1 atom stereocenters. The number of hydrogen-bond donors (Lipinski definition) is 1. The standard InChI is InChI=1S/C16H24O/c1-12(2)10-11-15(17)13-8-6-7-9-14(13)16(3,4)5/h6-9,15,17H,1,10-11H2,2-5H3. The molecule has 0 bridgehead atoms. The van der Waals surface area contributed by atoms with Gasteiger partial charge in [0.05, 0.1) is 6.10 Å². The van der Waals surface area contributed by atoms with Crippen LogP contribution in [-0.4, -0.2) is 5.11 Å². The predicted molar refractivity (Wildman–Crippen MR) is 74.1 cm³/mol. The molecule has 0 radical (unpaired) electrons. The number of aliphatic hydroxyl groups excluding tert-OH is 1. The zero-order chi connectivity index (χ0) is 13.1. The third kappa shape index (κ3) is 4.01. The van der Waals surface area contributed by atoms with Crippen molar-refractivity contribution in [2.45, 2.75) is 52.1 Å². The molecule has 1 N–H and O–H groups in total. The summed E-state index contributed by atoms with van der Waals surface area (Å²) in [6.07, 6.45) is 1.24. The van der Waals surface area contributed by atoms with Crippen LogP contribution in [0.2, 0.25) is 0 Å². The van der Waals surface area contributed by atoms with Crippen LogP contribution in [0.25, 0.3) is 0 Å². The summed E-state index contributed by atoms with van der Waals surface area (Å²) in [5.74, 6) is 0. The molecule has 0 aliphatic carbocycles. The Morgan fingerprint density at radius 1 is 1.29 bits per heavy atom. The minimum absolute atomic E-state index is 0.0702. The van der Waals surface area contributed by atoms with Gasteiger partial charge in [0, 0.05) is 0 Å². The van der Waals surface area contributed by atoms with E-state index in [-0.39, 0.29) is 11.5 Å². The van der Waals surface area contributed by atoms with Gasteiger partial charge in [0.25, 0.3) is 0 Å². The molecule has 1 nitrogen and oxygen atoms in total. The molecular weight excluding hydrogens is 208 g/mol. The summed E-state index contributed by atoms with van der Waals surface area (Å²) in [4.78, 5) is 0. The maximum absolute atomic E-state index is 10.3. The first-order valence-corrected chi connectivity index (χ1v) is 6.24. The van der Waals surface area contributed by atoms with Crippen molar-refractivity contribution in [2.24, 2.45) is 0 Å². The van der Waals surface area contributed by atoms with Crippen LogP contribution in [0.5, 0.6) is 0 Å². The van der Waals surface area contributed by atoms with Crippen LogP contribution >= 0.6 is 0 Å². The van der Waals surface area contributed by atoms with Crippen molar-refractivity contribution in [3.63, 3.8) is 0 Å². The van der Waals surface area contributed by atoms with Gasteiger partial charge in [-0.2, -0.15) is 0 Å². The maximum Gasteiger partial charge on any atom is 0.0796 e. The quantitative estimate of drug-likeness (QED) is 0.764. The van der Waals surface area contributed by atoms with Crippen molar-refractivity contribution in [1.29, 1.82) is 0 Å². The minimum atomic E-state index is -0.387. The Labute approximate surface area is 105 Å². The molecule has 0 saturated heterocycles. The Balaban J connectivity index is 2.93. The second kappa shape index (κ2) is 5.50.